The highest BCUT2D eigenvalue weighted by Gasteiger charge is 2.25. The number of aromatic nitrogens is 2. The van der Waals surface area contributed by atoms with Gasteiger partial charge < -0.3 is 5.32 Å². The van der Waals surface area contributed by atoms with Crippen molar-refractivity contribution in [3.8, 4) is 5.69 Å². The van der Waals surface area contributed by atoms with Gasteiger partial charge in [0.25, 0.3) is 0 Å². The molecule has 0 spiro atoms. The van der Waals surface area contributed by atoms with Crippen molar-refractivity contribution < 1.29 is 4.79 Å². The first-order valence-corrected chi connectivity index (χ1v) is 8.70. The number of hydrogen-bond donors (Lipinski definition) is 1. The van der Waals surface area contributed by atoms with Crippen LogP contribution in [0.3, 0.4) is 0 Å². The number of nitrogens with zero attached hydrogens (tertiary/aromatic N) is 2. The van der Waals surface area contributed by atoms with E-state index >= 15 is 0 Å². The summed E-state index contributed by atoms with van der Waals surface area (Å²) in [5, 5.41) is 7.84. The summed E-state index contributed by atoms with van der Waals surface area (Å²) in [5.74, 6) is 2.65. The molecular formula is C17H21N3OS. The first kappa shape index (κ1) is 15.2. The summed E-state index contributed by atoms with van der Waals surface area (Å²) >= 11 is 1.84. The lowest BCUT2D eigenvalue weighted by Crippen LogP contribution is -2.21. The van der Waals surface area contributed by atoms with Crippen LogP contribution >= 0.6 is 11.8 Å². The highest BCUT2D eigenvalue weighted by atomic mass is 32.2. The second-order valence-corrected chi connectivity index (χ2v) is 7.03. The van der Waals surface area contributed by atoms with Crippen molar-refractivity contribution in [2.24, 2.45) is 5.92 Å². The zero-order chi connectivity index (χ0) is 15.9. The predicted molar refractivity (Wildman–Crippen MR) is 91.5 cm³/mol. The average molecular weight is 315 g/mol. The Morgan fingerprint density at radius 1 is 1.32 bits per heavy atom. The fraction of sp³-hybridized carbons (Fsp3) is 0.412. The molecule has 1 aliphatic rings. The lowest BCUT2D eigenvalue weighted by atomic mass is 10.1. The molecule has 0 saturated heterocycles. The maximum Gasteiger partial charge on any atom is 0.228 e. The van der Waals surface area contributed by atoms with Gasteiger partial charge in [0.05, 0.1) is 11.4 Å². The van der Waals surface area contributed by atoms with Gasteiger partial charge >= 0.3 is 0 Å². The maximum atomic E-state index is 12.2. The normalized spacial score (nSPS) is 13.5. The number of fused-ring (bicyclic) bond motifs is 1. The lowest BCUT2D eigenvalue weighted by Gasteiger charge is -2.15. The van der Waals surface area contributed by atoms with Crippen molar-refractivity contribution in [2.45, 2.75) is 39.2 Å². The topological polar surface area (TPSA) is 46.9 Å². The van der Waals surface area contributed by atoms with Crippen LogP contribution in [0.1, 0.15) is 36.2 Å². The van der Waals surface area contributed by atoms with Gasteiger partial charge in [0, 0.05) is 23.0 Å². The van der Waals surface area contributed by atoms with E-state index in [-0.39, 0.29) is 11.8 Å². The third-order valence-electron chi connectivity index (χ3n) is 4.12. The van der Waals surface area contributed by atoms with Crippen LogP contribution < -0.4 is 5.32 Å². The van der Waals surface area contributed by atoms with Crippen molar-refractivity contribution in [1.82, 2.24) is 9.78 Å². The lowest BCUT2D eigenvalue weighted by molar-refractivity contribution is -0.118. The number of rotatable bonds is 3. The van der Waals surface area contributed by atoms with Crippen molar-refractivity contribution in [3.05, 3.63) is 40.6 Å². The fourth-order valence-corrected chi connectivity index (χ4v) is 3.58. The first-order valence-electron chi connectivity index (χ1n) is 7.55. The fourth-order valence-electron chi connectivity index (χ4n) is 2.54. The van der Waals surface area contributed by atoms with Gasteiger partial charge in [0.15, 0.2) is 0 Å². The molecule has 0 aliphatic carbocycles. The van der Waals surface area contributed by atoms with E-state index in [0.29, 0.717) is 0 Å². The number of aryl methyl sites for hydroxylation is 1. The summed E-state index contributed by atoms with van der Waals surface area (Å²) in [7, 11) is 0. The third kappa shape index (κ3) is 2.54. The standard InChI is InChI=1S/C17H21N3OS/c1-10(2)17(21)18-16-13-8-22-9-14(13)19-20(16)15-7-5-6-11(3)12(15)4/h5-7,10H,8-9H2,1-4H3,(H,18,21). The molecule has 0 radical (unpaired) electrons. The second kappa shape index (κ2) is 5.80. The van der Waals surface area contributed by atoms with Crippen molar-refractivity contribution in [1.29, 1.82) is 0 Å². The van der Waals surface area contributed by atoms with E-state index in [1.54, 1.807) is 0 Å². The van der Waals surface area contributed by atoms with Gasteiger partial charge in [0.2, 0.25) is 5.91 Å². The summed E-state index contributed by atoms with van der Waals surface area (Å²) in [6, 6.07) is 6.19. The van der Waals surface area contributed by atoms with E-state index in [1.807, 2.05) is 36.4 Å². The Kier molecular flexibility index (Phi) is 4.00. The van der Waals surface area contributed by atoms with E-state index in [2.05, 4.69) is 31.3 Å². The Bertz CT molecular complexity index is 734. The van der Waals surface area contributed by atoms with E-state index in [9.17, 15) is 4.79 Å². The molecule has 22 heavy (non-hydrogen) atoms. The number of thioether (sulfide) groups is 1. The molecule has 0 fully saturated rings. The molecule has 4 nitrogen and oxygen atoms in total. The molecule has 0 bridgehead atoms. The summed E-state index contributed by atoms with van der Waals surface area (Å²) in [5.41, 5.74) is 5.71. The van der Waals surface area contributed by atoms with Gasteiger partial charge in [-0.05, 0) is 31.0 Å². The molecular weight excluding hydrogens is 294 g/mol. The SMILES string of the molecule is Cc1cccc(-n2nc3c(c2NC(=O)C(C)C)CSC3)c1C. The molecule has 3 rings (SSSR count). The van der Waals surface area contributed by atoms with Crippen LogP contribution in [0.4, 0.5) is 5.82 Å². The van der Waals surface area contributed by atoms with Gasteiger partial charge in [-0.2, -0.15) is 16.9 Å². The van der Waals surface area contributed by atoms with Crippen LogP contribution in [0, 0.1) is 19.8 Å². The molecule has 1 N–H and O–H groups in total. The van der Waals surface area contributed by atoms with Crippen LogP contribution in [-0.2, 0) is 16.3 Å². The number of hydrogen-bond acceptors (Lipinski definition) is 3. The molecule has 1 amide bonds. The molecule has 2 aromatic rings. The minimum Gasteiger partial charge on any atom is -0.310 e. The molecule has 0 unspecified atom stereocenters. The molecule has 0 atom stereocenters. The zero-order valence-corrected chi connectivity index (χ0v) is 14.3. The Labute approximate surface area is 135 Å². The summed E-state index contributed by atoms with van der Waals surface area (Å²) in [4.78, 5) is 12.2. The highest BCUT2D eigenvalue weighted by Crippen LogP contribution is 2.36. The van der Waals surface area contributed by atoms with Crippen LogP contribution in [0.25, 0.3) is 5.69 Å². The number of benzene rings is 1. The molecule has 5 heteroatoms. The Morgan fingerprint density at radius 3 is 2.82 bits per heavy atom. The summed E-state index contributed by atoms with van der Waals surface area (Å²) in [6.07, 6.45) is 0. The van der Waals surface area contributed by atoms with Gasteiger partial charge in [-0.25, -0.2) is 4.68 Å². The predicted octanol–water partition coefficient (Wildman–Crippen LogP) is 3.83. The highest BCUT2D eigenvalue weighted by molar-refractivity contribution is 7.98. The molecule has 116 valence electrons. The molecule has 2 heterocycles. The maximum absolute atomic E-state index is 12.2. The third-order valence-corrected chi connectivity index (χ3v) is 5.09. The van der Waals surface area contributed by atoms with Crippen LogP contribution in [0.5, 0.6) is 0 Å². The van der Waals surface area contributed by atoms with Crippen molar-refractivity contribution in [3.63, 3.8) is 0 Å². The zero-order valence-electron chi connectivity index (χ0n) is 13.4. The molecule has 1 aliphatic heterocycles. The molecule has 1 aromatic heterocycles. The number of carbonyl (C=O) groups excluding carboxylic acids is 1. The Morgan fingerprint density at radius 2 is 2.09 bits per heavy atom. The van der Waals surface area contributed by atoms with E-state index in [1.165, 1.54) is 16.7 Å². The Balaban J connectivity index is 2.12. The Hall–Kier alpha value is -1.75. The van der Waals surface area contributed by atoms with Gasteiger partial charge in [-0.15, -0.1) is 0 Å². The summed E-state index contributed by atoms with van der Waals surface area (Å²) < 4.78 is 1.91. The first-order chi connectivity index (χ1) is 10.5. The largest absolute Gasteiger partial charge is 0.310 e. The van der Waals surface area contributed by atoms with Crippen LogP contribution in [0.15, 0.2) is 18.2 Å². The van der Waals surface area contributed by atoms with Crippen molar-refractivity contribution in [2.75, 3.05) is 5.32 Å². The second-order valence-electron chi connectivity index (χ2n) is 6.04. The van der Waals surface area contributed by atoms with Gasteiger partial charge in [-0.1, -0.05) is 26.0 Å². The van der Waals surface area contributed by atoms with E-state index < -0.39 is 0 Å². The van der Waals surface area contributed by atoms with Gasteiger partial charge in [-0.3, -0.25) is 4.79 Å². The smallest absolute Gasteiger partial charge is 0.228 e. The van der Waals surface area contributed by atoms with E-state index in [4.69, 9.17) is 5.10 Å². The van der Waals surface area contributed by atoms with E-state index in [0.717, 1.165) is 28.7 Å². The van der Waals surface area contributed by atoms with Gasteiger partial charge in [0.1, 0.15) is 5.82 Å². The molecule has 0 saturated carbocycles. The minimum absolute atomic E-state index is 0.0335. The summed E-state index contributed by atoms with van der Waals surface area (Å²) in [6.45, 7) is 8.00. The molecule has 1 aromatic carbocycles. The average Bonchev–Trinajstić information content (AvgIpc) is 3.04. The number of nitrogens with one attached hydrogen (secondary N) is 1. The quantitative estimate of drug-likeness (QED) is 0.936. The minimum atomic E-state index is -0.0494. The number of amides is 1. The van der Waals surface area contributed by atoms with Crippen molar-refractivity contribution >= 4 is 23.5 Å². The number of carbonyl (C=O) groups is 1. The van der Waals surface area contributed by atoms with Crippen LogP contribution in [-0.4, -0.2) is 15.7 Å². The number of anilines is 1. The van der Waals surface area contributed by atoms with Crippen LogP contribution in [0.2, 0.25) is 0 Å². The monoisotopic (exact) mass is 315 g/mol.